The van der Waals surface area contributed by atoms with Crippen LogP contribution in [-0.4, -0.2) is 47.5 Å². The van der Waals surface area contributed by atoms with Crippen LogP contribution in [0.1, 0.15) is 44.2 Å². The number of nitrogen functional groups attached to an aromatic ring is 1. The summed E-state index contributed by atoms with van der Waals surface area (Å²) in [7, 11) is 0. The number of aliphatic carboxylic acids is 1. The molecule has 1 unspecified atom stereocenters. The number of rotatable bonds is 7. The lowest BCUT2D eigenvalue weighted by molar-refractivity contribution is -0.139. The van der Waals surface area contributed by atoms with Crippen molar-refractivity contribution in [3.8, 4) is 11.3 Å². The van der Waals surface area contributed by atoms with E-state index in [0.29, 0.717) is 23.6 Å². The third-order valence-corrected chi connectivity index (χ3v) is 7.76. The maximum absolute atomic E-state index is 14.2. The Hall–Kier alpha value is -4.31. The third kappa shape index (κ3) is 4.72. The normalized spacial score (nSPS) is 18.5. The molecule has 1 aliphatic carbocycles. The molecule has 0 bridgehead atoms. The SMILES string of the molecule is CC(N[C@H]1CC[C@@H](n2nc(-c3ccc4c(ccn4Cc4ccccc4F)c3)c3c(N)ncnc32)CC1)C(=O)O. The Morgan fingerprint density at radius 2 is 1.95 bits per heavy atom. The Balaban J connectivity index is 1.31. The topological polar surface area (TPSA) is 124 Å². The fourth-order valence-corrected chi connectivity index (χ4v) is 5.66. The molecule has 10 heteroatoms. The number of nitrogens with one attached hydrogen (secondary N) is 1. The van der Waals surface area contributed by atoms with Crippen molar-refractivity contribution >= 4 is 33.7 Å². The summed E-state index contributed by atoms with van der Waals surface area (Å²) in [5, 5.41) is 19.2. The lowest BCUT2D eigenvalue weighted by Gasteiger charge is -2.30. The summed E-state index contributed by atoms with van der Waals surface area (Å²) in [5.41, 5.74) is 10.3. The Labute approximate surface area is 224 Å². The molecule has 2 aromatic carbocycles. The van der Waals surface area contributed by atoms with E-state index >= 15 is 0 Å². The van der Waals surface area contributed by atoms with E-state index in [2.05, 4.69) is 21.4 Å². The van der Waals surface area contributed by atoms with E-state index < -0.39 is 12.0 Å². The van der Waals surface area contributed by atoms with E-state index in [1.807, 2.05) is 39.7 Å². The van der Waals surface area contributed by atoms with Gasteiger partial charge in [-0.15, -0.1) is 0 Å². The zero-order chi connectivity index (χ0) is 27.1. The number of aromatic nitrogens is 5. The second-order valence-electron chi connectivity index (χ2n) is 10.3. The first-order chi connectivity index (χ1) is 18.9. The van der Waals surface area contributed by atoms with Crippen molar-refractivity contribution in [2.24, 2.45) is 0 Å². The molecule has 1 saturated carbocycles. The van der Waals surface area contributed by atoms with Gasteiger partial charge in [-0.25, -0.2) is 19.0 Å². The van der Waals surface area contributed by atoms with Crippen LogP contribution in [0.2, 0.25) is 0 Å². The number of carboxylic acids is 1. The molecule has 39 heavy (non-hydrogen) atoms. The average Bonchev–Trinajstić information content (AvgIpc) is 3.52. The molecular weight excluding hydrogens is 497 g/mol. The second-order valence-corrected chi connectivity index (χ2v) is 10.3. The van der Waals surface area contributed by atoms with E-state index in [9.17, 15) is 14.3 Å². The molecule has 200 valence electrons. The largest absolute Gasteiger partial charge is 0.480 e. The molecule has 9 nitrogen and oxygen atoms in total. The minimum atomic E-state index is -0.841. The Morgan fingerprint density at radius 3 is 2.72 bits per heavy atom. The highest BCUT2D eigenvalue weighted by Gasteiger charge is 2.28. The van der Waals surface area contributed by atoms with Crippen LogP contribution in [0.15, 0.2) is 61.1 Å². The molecule has 0 amide bonds. The van der Waals surface area contributed by atoms with Gasteiger partial charge in [0, 0.05) is 34.3 Å². The first-order valence-corrected chi connectivity index (χ1v) is 13.2. The fourth-order valence-electron chi connectivity index (χ4n) is 5.66. The van der Waals surface area contributed by atoms with Crippen LogP contribution < -0.4 is 11.1 Å². The van der Waals surface area contributed by atoms with Gasteiger partial charge in [-0.3, -0.25) is 4.79 Å². The van der Waals surface area contributed by atoms with Gasteiger partial charge in [-0.2, -0.15) is 5.10 Å². The Kier molecular flexibility index (Phi) is 6.48. The number of hydrogen-bond acceptors (Lipinski definition) is 6. The number of anilines is 1. The number of hydrogen-bond donors (Lipinski definition) is 3. The quantitative estimate of drug-likeness (QED) is 0.279. The number of benzene rings is 2. The summed E-state index contributed by atoms with van der Waals surface area (Å²) in [5.74, 6) is -0.680. The molecule has 0 radical (unpaired) electrons. The lowest BCUT2D eigenvalue weighted by atomic mass is 9.91. The summed E-state index contributed by atoms with van der Waals surface area (Å²) >= 11 is 0. The third-order valence-electron chi connectivity index (χ3n) is 7.76. The summed E-state index contributed by atoms with van der Waals surface area (Å²) < 4.78 is 18.2. The van der Waals surface area contributed by atoms with Crippen LogP contribution in [0.5, 0.6) is 0 Å². The van der Waals surface area contributed by atoms with Gasteiger partial charge in [0.15, 0.2) is 5.65 Å². The van der Waals surface area contributed by atoms with Crippen LogP contribution in [0.3, 0.4) is 0 Å². The zero-order valence-electron chi connectivity index (χ0n) is 21.6. The van der Waals surface area contributed by atoms with Gasteiger partial charge >= 0.3 is 5.97 Å². The molecule has 0 spiro atoms. The van der Waals surface area contributed by atoms with Gasteiger partial charge in [0.05, 0.1) is 18.0 Å². The zero-order valence-corrected chi connectivity index (χ0v) is 21.6. The van der Waals surface area contributed by atoms with E-state index in [1.165, 1.54) is 12.4 Å². The maximum Gasteiger partial charge on any atom is 0.320 e. The molecule has 1 fully saturated rings. The Morgan fingerprint density at radius 1 is 1.15 bits per heavy atom. The van der Waals surface area contributed by atoms with Crippen molar-refractivity contribution in [3.05, 3.63) is 72.4 Å². The summed E-state index contributed by atoms with van der Waals surface area (Å²) in [6.07, 6.45) is 6.83. The van der Waals surface area contributed by atoms with E-state index in [0.717, 1.165) is 53.2 Å². The van der Waals surface area contributed by atoms with Gasteiger partial charge in [-0.1, -0.05) is 24.3 Å². The number of carbonyl (C=O) groups is 1. The first-order valence-electron chi connectivity index (χ1n) is 13.2. The fraction of sp³-hybridized carbons (Fsp3) is 0.310. The van der Waals surface area contributed by atoms with Crippen LogP contribution in [0.25, 0.3) is 33.2 Å². The van der Waals surface area contributed by atoms with Gasteiger partial charge in [0.2, 0.25) is 0 Å². The lowest BCUT2D eigenvalue weighted by Crippen LogP contribution is -2.43. The average molecular weight is 528 g/mol. The van der Waals surface area contributed by atoms with Gasteiger partial charge in [-0.05, 0) is 56.9 Å². The van der Waals surface area contributed by atoms with Crippen molar-refractivity contribution in [2.45, 2.75) is 57.3 Å². The first kappa shape index (κ1) is 25.0. The number of carboxylic acid groups (broad SMARTS) is 1. The van der Waals surface area contributed by atoms with Crippen LogP contribution in [-0.2, 0) is 11.3 Å². The van der Waals surface area contributed by atoms with Crippen molar-refractivity contribution < 1.29 is 14.3 Å². The number of fused-ring (bicyclic) bond motifs is 2. The van der Waals surface area contributed by atoms with Crippen molar-refractivity contribution in [2.75, 3.05) is 5.73 Å². The van der Waals surface area contributed by atoms with Gasteiger partial charge in [0.25, 0.3) is 0 Å². The standard InChI is InChI=1S/C29H30FN7O2/c1-17(29(38)39)34-21-7-9-22(10-8-21)37-28-25(27(31)32-16-33-28)26(35-37)19-6-11-24-18(14-19)12-13-36(24)15-20-4-2-3-5-23(20)30/h2-6,11-14,16-17,21-22,34H,7-10,15H2,1H3,(H,38,39)(H2,31,32,33)/t17?,21-,22+. The van der Waals surface area contributed by atoms with Crippen LogP contribution in [0.4, 0.5) is 10.2 Å². The van der Waals surface area contributed by atoms with Crippen molar-refractivity contribution in [1.82, 2.24) is 29.6 Å². The Bertz CT molecular complexity index is 1670. The molecule has 0 saturated heterocycles. The summed E-state index contributed by atoms with van der Waals surface area (Å²) in [6.45, 7) is 2.11. The molecule has 5 aromatic rings. The predicted molar refractivity (Wildman–Crippen MR) is 148 cm³/mol. The molecule has 1 aliphatic rings. The highest BCUT2D eigenvalue weighted by Crippen LogP contribution is 2.37. The highest BCUT2D eigenvalue weighted by atomic mass is 19.1. The molecular formula is C29H30FN7O2. The highest BCUT2D eigenvalue weighted by molar-refractivity contribution is 6.00. The van der Waals surface area contributed by atoms with E-state index in [-0.39, 0.29) is 17.9 Å². The summed E-state index contributed by atoms with van der Waals surface area (Å²) in [6, 6.07) is 14.6. The monoisotopic (exact) mass is 527 g/mol. The van der Waals surface area contributed by atoms with Crippen molar-refractivity contribution in [3.63, 3.8) is 0 Å². The smallest absolute Gasteiger partial charge is 0.320 e. The minimum Gasteiger partial charge on any atom is -0.480 e. The molecule has 4 N–H and O–H groups in total. The maximum atomic E-state index is 14.2. The molecule has 3 aromatic heterocycles. The minimum absolute atomic E-state index is 0.124. The van der Waals surface area contributed by atoms with Crippen LogP contribution >= 0.6 is 0 Å². The number of nitrogens with two attached hydrogens (primary N) is 1. The molecule has 0 aliphatic heterocycles. The van der Waals surface area contributed by atoms with Crippen LogP contribution in [0, 0.1) is 5.82 Å². The van der Waals surface area contributed by atoms with E-state index in [1.54, 1.807) is 19.1 Å². The second kappa shape index (κ2) is 10.1. The predicted octanol–water partition coefficient (Wildman–Crippen LogP) is 4.76. The summed E-state index contributed by atoms with van der Waals surface area (Å²) in [4.78, 5) is 20.0. The number of nitrogens with zero attached hydrogens (tertiary/aromatic N) is 5. The molecule has 3 heterocycles. The molecule has 6 rings (SSSR count). The van der Waals surface area contributed by atoms with E-state index in [4.69, 9.17) is 10.8 Å². The van der Waals surface area contributed by atoms with Gasteiger partial charge in [0.1, 0.15) is 29.7 Å². The number of halogens is 1. The molecule has 1 atom stereocenters. The van der Waals surface area contributed by atoms with Gasteiger partial charge < -0.3 is 20.7 Å². The van der Waals surface area contributed by atoms with Crippen molar-refractivity contribution in [1.29, 1.82) is 0 Å².